The Balaban J connectivity index is 1.38. The van der Waals surface area contributed by atoms with Crippen LogP contribution in [0.5, 0.6) is 11.5 Å². The largest absolute Gasteiger partial charge is 0.457 e. The minimum Gasteiger partial charge on any atom is -0.457 e. The van der Waals surface area contributed by atoms with Crippen molar-refractivity contribution >= 4 is 22.2 Å². The minimum atomic E-state index is 0.834. The molecule has 0 bridgehead atoms. The molecule has 1 N–H and O–H groups in total. The van der Waals surface area contributed by atoms with E-state index in [1.165, 1.54) is 43.4 Å². The highest BCUT2D eigenvalue weighted by molar-refractivity contribution is 7.13. The highest BCUT2D eigenvalue weighted by Crippen LogP contribution is 2.35. The van der Waals surface area contributed by atoms with Gasteiger partial charge in [0.05, 0.1) is 5.56 Å². The molecule has 1 aliphatic heterocycles. The number of aromatic nitrogens is 2. The van der Waals surface area contributed by atoms with E-state index in [0.29, 0.717) is 0 Å². The lowest BCUT2D eigenvalue weighted by molar-refractivity contribution is 0.219. The van der Waals surface area contributed by atoms with Crippen molar-refractivity contribution < 1.29 is 4.74 Å². The number of nitrogens with one attached hydrogen (secondary N) is 1. The van der Waals surface area contributed by atoms with E-state index in [-0.39, 0.29) is 0 Å². The van der Waals surface area contributed by atoms with Crippen LogP contribution in [0.2, 0.25) is 0 Å². The maximum Gasteiger partial charge on any atom is 0.137 e. The zero-order valence-electron chi connectivity index (χ0n) is 15.7. The van der Waals surface area contributed by atoms with Gasteiger partial charge in [0.25, 0.3) is 0 Å². The Labute approximate surface area is 168 Å². The van der Waals surface area contributed by atoms with Crippen molar-refractivity contribution in [3.8, 4) is 22.1 Å². The standard InChI is InChI=1S/C23H23N3OS/c1-4-11-26(12-5-1)16-18-14-17-15-19(8-9-21(17)25-18)27-22-7-3-2-6-20(22)23-24-10-13-28-23/h2-3,6-10,13-15,25H,1,4-5,11-12,16H2. The Morgan fingerprint density at radius 2 is 1.93 bits per heavy atom. The lowest BCUT2D eigenvalue weighted by Gasteiger charge is -2.25. The van der Waals surface area contributed by atoms with Gasteiger partial charge in [0.15, 0.2) is 0 Å². The van der Waals surface area contributed by atoms with Gasteiger partial charge in [-0.3, -0.25) is 4.90 Å². The molecule has 5 rings (SSSR count). The molecule has 0 amide bonds. The molecule has 4 aromatic rings. The number of ether oxygens (including phenoxy) is 1. The number of aromatic amines is 1. The second-order valence-electron chi connectivity index (χ2n) is 7.32. The summed E-state index contributed by atoms with van der Waals surface area (Å²) in [5.74, 6) is 1.68. The summed E-state index contributed by atoms with van der Waals surface area (Å²) in [7, 11) is 0. The van der Waals surface area contributed by atoms with Crippen molar-refractivity contribution in [3.05, 3.63) is 65.8 Å². The Morgan fingerprint density at radius 1 is 1.04 bits per heavy atom. The van der Waals surface area contributed by atoms with Gasteiger partial charge in [0.1, 0.15) is 16.5 Å². The molecule has 5 heteroatoms. The van der Waals surface area contributed by atoms with Crippen molar-refractivity contribution in [2.24, 2.45) is 0 Å². The number of rotatable bonds is 5. The minimum absolute atomic E-state index is 0.834. The van der Waals surface area contributed by atoms with Crippen LogP contribution in [-0.4, -0.2) is 28.0 Å². The van der Waals surface area contributed by atoms with Gasteiger partial charge >= 0.3 is 0 Å². The molecule has 3 heterocycles. The molecule has 1 saturated heterocycles. The topological polar surface area (TPSA) is 41.1 Å². The van der Waals surface area contributed by atoms with Gasteiger partial charge in [0.2, 0.25) is 0 Å². The summed E-state index contributed by atoms with van der Waals surface area (Å²) in [4.78, 5) is 10.5. The number of benzene rings is 2. The zero-order valence-corrected chi connectivity index (χ0v) is 16.5. The highest BCUT2D eigenvalue weighted by atomic mass is 32.1. The number of piperidine rings is 1. The molecule has 2 aromatic heterocycles. The number of para-hydroxylation sites is 1. The maximum atomic E-state index is 6.24. The summed E-state index contributed by atoms with van der Waals surface area (Å²) in [6, 6.07) is 16.6. The van der Waals surface area contributed by atoms with E-state index in [0.717, 1.165) is 34.1 Å². The number of thiazole rings is 1. The van der Waals surface area contributed by atoms with Crippen LogP contribution >= 0.6 is 11.3 Å². The summed E-state index contributed by atoms with van der Waals surface area (Å²) in [5, 5.41) is 4.15. The van der Waals surface area contributed by atoms with E-state index in [9.17, 15) is 0 Å². The quantitative estimate of drug-likeness (QED) is 0.450. The monoisotopic (exact) mass is 389 g/mol. The fourth-order valence-corrected chi connectivity index (χ4v) is 4.56. The van der Waals surface area contributed by atoms with E-state index < -0.39 is 0 Å². The molecule has 2 aromatic carbocycles. The number of H-pyrrole nitrogens is 1. The maximum absolute atomic E-state index is 6.24. The van der Waals surface area contributed by atoms with E-state index in [1.807, 2.05) is 35.8 Å². The molecule has 28 heavy (non-hydrogen) atoms. The van der Waals surface area contributed by atoms with Crippen LogP contribution in [0.15, 0.2) is 60.1 Å². The molecule has 0 spiro atoms. The third kappa shape index (κ3) is 3.68. The second kappa shape index (κ2) is 7.78. The predicted molar refractivity (Wildman–Crippen MR) is 115 cm³/mol. The normalized spacial score (nSPS) is 15.1. The van der Waals surface area contributed by atoms with E-state index in [1.54, 1.807) is 11.3 Å². The average molecular weight is 390 g/mol. The Bertz CT molecular complexity index is 1060. The van der Waals surface area contributed by atoms with Crippen LogP contribution in [0.25, 0.3) is 21.5 Å². The lowest BCUT2D eigenvalue weighted by Crippen LogP contribution is -2.29. The first-order valence-electron chi connectivity index (χ1n) is 9.86. The molecular weight excluding hydrogens is 366 g/mol. The van der Waals surface area contributed by atoms with Crippen molar-refractivity contribution in [2.45, 2.75) is 25.8 Å². The number of likely N-dealkylation sites (tertiary alicyclic amines) is 1. The fraction of sp³-hybridized carbons (Fsp3) is 0.261. The summed E-state index contributed by atoms with van der Waals surface area (Å²) in [5.41, 5.74) is 3.46. The number of hydrogen-bond donors (Lipinski definition) is 1. The lowest BCUT2D eigenvalue weighted by atomic mass is 10.1. The van der Waals surface area contributed by atoms with Gasteiger partial charge < -0.3 is 9.72 Å². The van der Waals surface area contributed by atoms with Gasteiger partial charge in [-0.15, -0.1) is 11.3 Å². The first-order chi connectivity index (χ1) is 13.8. The molecule has 4 nitrogen and oxygen atoms in total. The van der Waals surface area contributed by atoms with Crippen molar-refractivity contribution in [3.63, 3.8) is 0 Å². The summed E-state index contributed by atoms with van der Waals surface area (Å²) in [6.07, 6.45) is 5.83. The molecule has 0 radical (unpaired) electrons. The number of hydrogen-bond acceptors (Lipinski definition) is 4. The van der Waals surface area contributed by atoms with Crippen LogP contribution in [0, 0.1) is 0 Å². The van der Waals surface area contributed by atoms with Crippen molar-refractivity contribution in [2.75, 3.05) is 13.1 Å². The number of nitrogens with zero attached hydrogens (tertiary/aromatic N) is 2. The third-order valence-electron chi connectivity index (χ3n) is 5.27. The van der Waals surface area contributed by atoms with Crippen LogP contribution < -0.4 is 4.74 Å². The molecule has 0 aliphatic carbocycles. The summed E-state index contributed by atoms with van der Waals surface area (Å²) >= 11 is 1.62. The molecule has 0 atom stereocenters. The second-order valence-corrected chi connectivity index (χ2v) is 8.21. The molecule has 1 fully saturated rings. The van der Waals surface area contributed by atoms with E-state index >= 15 is 0 Å². The Morgan fingerprint density at radius 3 is 2.79 bits per heavy atom. The van der Waals surface area contributed by atoms with E-state index in [2.05, 4.69) is 39.1 Å². The summed E-state index contributed by atoms with van der Waals surface area (Å²) in [6.45, 7) is 3.41. The van der Waals surface area contributed by atoms with Crippen molar-refractivity contribution in [1.82, 2.24) is 14.9 Å². The number of fused-ring (bicyclic) bond motifs is 1. The SMILES string of the molecule is c1ccc(-c2nccs2)c(Oc2ccc3[nH]c(CN4CCCCC4)cc3c2)c1. The van der Waals surface area contributed by atoms with Gasteiger partial charge in [0, 0.05) is 34.7 Å². The van der Waals surface area contributed by atoms with Crippen LogP contribution in [-0.2, 0) is 6.54 Å². The Hall–Kier alpha value is -2.63. The highest BCUT2D eigenvalue weighted by Gasteiger charge is 2.13. The average Bonchev–Trinajstić information content (AvgIpc) is 3.38. The van der Waals surface area contributed by atoms with E-state index in [4.69, 9.17) is 4.74 Å². The predicted octanol–water partition coefficient (Wildman–Crippen LogP) is 6.07. The molecule has 0 saturated carbocycles. The van der Waals surface area contributed by atoms with Crippen LogP contribution in [0.1, 0.15) is 25.0 Å². The Kier molecular flexibility index (Phi) is 4.85. The van der Waals surface area contributed by atoms with Gasteiger partial charge in [-0.05, 0) is 62.3 Å². The first kappa shape index (κ1) is 17.5. The van der Waals surface area contributed by atoms with Crippen LogP contribution in [0.3, 0.4) is 0 Å². The molecule has 0 unspecified atom stereocenters. The summed E-state index contributed by atoms with van der Waals surface area (Å²) < 4.78 is 6.24. The molecule has 142 valence electrons. The smallest absolute Gasteiger partial charge is 0.137 e. The first-order valence-corrected chi connectivity index (χ1v) is 10.7. The fourth-order valence-electron chi connectivity index (χ4n) is 3.89. The van der Waals surface area contributed by atoms with Gasteiger partial charge in [-0.25, -0.2) is 4.98 Å². The molecule has 1 aliphatic rings. The zero-order chi connectivity index (χ0) is 18.8. The molecular formula is C23H23N3OS. The van der Waals surface area contributed by atoms with Gasteiger partial charge in [-0.1, -0.05) is 18.6 Å². The third-order valence-corrected chi connectivity index (χ3v) is 6.07. The van der Waals surface area contributed by atoms with Crippen molar-refractivity contribution in [1.29, 1.82) is 0 Å². The van der Waals surface area contributed by atoms with Gasteiger partial charge in [-0.2, -0.15) is 0 Å². The van der Waals surface area contributed by atoms with Crippen LogP contribution in [0.4, 0.5) is 0 Å².